The molecule has 0 aliphatic carbocycles. The molecule has 1 fully saturated rings. The zero-order valence-electron chi connectivity index (χ0n) is 9.56. The lowest BCUT2D eigenvalue weighted by atomic mass is 10.2. The Labute approximate surface area is 111 Å². The normalized spacial score (nSPS) is 17.3. The van der Waals surface area contributed by atoms with E-state index in [0.29, 0.717) is 29.2 Å². The van der Waals surface area contributed by atoms with Gasteiger partial charge in [-0.1, -0.05) is 23.4 Å². The Balaban J connectivity index is 2.44. The quantitative estimate of drug-likeness (QED) is 0.790. The van der Waals surface area contributed by atoms with Gasteiger partial charge in [0.25, 0.3) is 0 Å². The molecule has 1 saturated heterocycles. The molecule has 4 nitrogen and oxygen atoms in total. The molecule has 18 heavy (non-hydrogen) atoms. The lowest BCUT2D eigenvalue weighted by Crippen LogP contribution is -2.25. The van der Waals surface area contributed by atoms with E-state index in [1.54, 1.807) is 18.2 Å². The number of halogens is 1. The molecular weight excluding hydrogens is 274 g/mol. The molecule has 0 amide bonds. The molecule has 0 bridgehead atoms. The van der Waals surface area contributed by atoms with Crippen LogP contribution in [0.15, 0.2) is 18.2 Å². The number of anilines is 1. The van der Waals surface area contributed by atoms with E-state index in [1.165, 1.54) is 4.31 Å². The molecule has 6 heteroatoms. The average Bonchev–Trinajstić information content (AvgIpc) is 2.68. The largest absolute Gasteiger partial charge is 0.384 e. The number of nitrogens with zero attached hydrogens (tertiary/aromatic N) is 1. The van der Waals surface area contributed by atoms with Gasteiger partial charge in [0.2, 0.25) is 10.0 Å². The van der Waals surface area contributed by atoms with Crippen molar-refractivity contribution in [2.45, 2.75) is 6.42 Å². The van der Waals surface area contributed by atoms with Gasteiger partial charge in [-0.2, -0.15) is 0 Å². The van der Waals surface area contributed by atoms with E-state index in [4.69, 9.17) is 16.7 Å². The van der Waals surface area contributed by atoms with E-state index in [9.17, 15) is 8.42 Å². The van der Waals surface area contributed by atoms with E-state index < -0.39 is 10.0 Å². The van der Waals surface area contributed by atoms with Crippen LogP contribution in [0.3, 0.4) is 0 Å². The molecule has 2 rings (SSSR count). The summed E-state index contributed by atoms with van der Waals surface area (Å²) in [5.74, 6) is 5.40. The molecule has 0 radical (unpaired) electrons. The molecule has 1 aromatic carbocycles. The maximum Gasteiger partial charge on any atom is 0.235 e. The second-order valence-electron chi connectivity index (χ2n) is 3.87. The van der Waals surface area contributed by atoms with Crippen LogP contribution in [0.2, 0.25) is 5.02 Å². The fraction of sp³-hybridized carbons (Fsp3) is 0.333. The number of rotatable bonds is 1. The van der Waals surface area contributed by atoms with E-state index in [2.05, 4.69) is 11.8 Å². The first-order chi connectivity index (χ1) is 8.54. The molecule has 0 spiro atoms. The summed E-state index contributed by atoms with van der Waals surface area (Å²) in [5, 5.41) is 9.02. The smallest absolute Gasteiger partial charge is 0.235 e. The minimum Gasteiger partial charge on any atom is -0.384 e. The first kappa shape index (κ1) is 13.2. The number of hydrogen-bond acceptors (Lipinski definition) is 3. The topological polar surface area (TPSA) is 57.6 Å². The minimum absolute atomic E-state index is 0.149. The summed E-state index contributed by atoms with van der Waals surface area (Å²) < 4.78 is 25.0. The summed E-state index contributed by atoms with van der Waals surface area (Å²) in [6.45, 7) is 0.207. The third-order valence-electron chi connectivity index (χ3n) is 2.63. The second kappa shape index (κ2) is 5.19. The highest BCUT2D eigenvalue weighted by atomic mass is 35.5. The summed E-state index contributed by atoms with van der Waals surface area (Å²) in [6.07, 6.45) is 0.602. The van der Waals surface area contributed by atoms with Crippen molar-refractivity contribution >= 4 is 27.3 Å². The van der Waals surface area contributed by atoms with Gasteiger partial charge in [0.15, 0.2) is 0 Å². The lowest BCUT2D eigenvalue weighted by molar-refractivity contribution is 0.350. The van der Waals surface area contributed by atoms with Crippen LogP contribution in [-0.2, 0) is 10.0 Å². The summed E-state index contributed by atoms with van der Waals surface area (Å²) in [5.41, 5.74) is 1.09. The molecule has 1 aliphatic rings. The molecule has 0 atom stereocenters. The van der Waals surface area contributed by atoms with Gasteiger partial charge in [0, 0.05) is 12.1 Å². The minimum atomic E-state index is -3.25. The molecule has 1 N–H and O–H groups in total. The Hall–Kier alpha value is -1.22. The van der Waals surface area contributed by atoms with Gasteiger partial charge >= 0.3 is 0 Å². The van der Waals surface area contributed by atoms with Crippen LogP contribution in [-0.4, -0.2) is 32.4 Å². The lowest BCUT2D eigenvalue weighted by Gasteiger charge is -2.18. The first-order valence-corrected chi connectivity index (χ1v) is 7.43. The fourth-order valence-corrected chi connectivity index (χ4v) is 3.68. The Kier molecular flexibility index (Phi) is 3.81. The van der Waals surface area contributed by atoms with Crippen molar-refractivity contribution in [2.24, 2.45) is 0 Å². The van der Waals surface area contributed by atoms with E-state index in [-0.39, 0.29) is 12.4 Å². The van der Waals surface area contributed by atoms with Gasteiger partial charge in [-0.25, -0.2) is 8.42 Å². The number of hydrogen-bond donors (Lipinski definition) is 1. The number of sulfonamides is 1. The van der Waals surface area contributed by atoms with Crippen LogP contribution in [0.25, 0.3) is 0 Å². The number of benzene rings is 1. The molecule has 1 aromatic rings. The highest BCUT2D eigenvalue weighted by molar-refractivity contribution is 7.93. The van der Waals surface area contributed by atoms with Crippen molar-refractivity contribution in [3.63, 3.8) is 0 Å². The van der Waals surface area contributed by atoms with Crippen LogP contribution in [0.4, 0.5) is 5.69 Å². The maximum atomic E-state index is 11.8. The second-order valence-corrected chi connectivity index (χ2v) is 6.29. The molecule has 1 aliphatic heterocycles. The zero-order valence-corrected chi connectivity index (χ0v) is 11.1. The first-order valence-electron chi connectivity index (χ1n) is 5.44. The number of aliphatic hydroxyl groups is 1. The van der Waals surface area contributed by atoms with E-state index >= 15 is 0 Å². The third-order valence-corrected chi connectivity index (χ3v) is 4.80. The third kappa shape index (κ3) is 2.61. The Morgan fingerprint density at radius 3 is 2.83 bits per heavy atom. The predicted octanol–water partition coefficient (Wildman–Crippen LogP) is 1.22. The molecule has 96 valence electrons. The van der Waals surface area contributed by atoms with Gasteiger partial charge in [0.05, 0.1) is 16.5 Å². The molecule has 0 saturated carbocycles. The molecule has 1 heterocycles. The summed E-state index contributed by atoms with van der Waals surface area (Å²) in [7, 11) is -3.25. The van der Waals surface area contributed by atoms with Gasteiger partial charge in [-0.3, -0.25) is 4.31 Å². The van der Waals surface area contributed by atoms with Crippen LogP contribution in [0, 0.1) is 11.8 Å². The maximum absolute atomic E-state index is 11.8. The van der Waals surface area contributed by atoms with Crippen molar-refractivity contribution in [1.82, 2.24) is 0 Å². The van der Waals surface area contributed by atoms with Gasteiger partial charge in [-0.15, -0.1) is 0 Å². The van der Waals surface area contributed by atoms with Crippen molar-refractivity contribution in [3.8, 4) is 11.8 Å². The van der Waals surface area contributed by atoms with Crippen molar-refractivity contribution in [3.05, 3.63) is 28.8 Å². The summed E-state index contributed by atoms with van der Waals surface area (Å²) in [4.78, 5) is 0. The monoisotopic (exact) mass is 285 g/mol. The standard InChI is InChI=1S/C12H12ClNO3S/c13-11-5-4-10(3-1-7-15)9-12(11)14-6-2-8-18(14,16)17/h4-5,9,15H,2,6-8H2. The van der Waals surface area contributed by atoms with Gasteiger partial charge in [-0.05, 0) is 24.6 Å². The molecule has 0 aromatic heterocycles. The van der Waals surface area contributed by atoms with Crippen molar-refractivity contribution < 1.29 is 13.5 Å². The van der Waals surface area contributed by atoms with Crippen LogP contribution < -0.4 is 4.31 Å². The predicted molar refractivity (Wildman–Crippen MR) is 71.2 cm³/mol. The zero-order chi connectivity index (χ0) is 13.2. The average molecular weight is 286 g/mol. The van der Waals surface area contributed by atoms with E-state index in [0.717, 1.165) is 0 Å². The number of aliphatic hydroxyl groups excluding tert-OH is 1. The SMILES string of the molecule is O=S1(=O)CCCN1c1cc(C#CCO)ccc1Cl. The highest BCUT2D eigenvalue weighted by Gasteiger charge is 2.29. The van der Waals surface area contributed by atoms with Crippen molar-refractivity contribution in [2.75, 3.05) is 23.2 Å². The van der Waals surface area contributed by atoms with E-state index in [1.807, 2.05) is 0 Å². The van der Waals surface area contributed by atoms with Gasteiger partial charge in [0.1, 0.15) is 6.61 Å². The highest BCUT2D eigenvalue weighted by Crippen LogP contribution is 2.31. The Morgan fingerprint density at radius 2 is 2.22 bits per heavy atom. The van der Waals surface area contributed by atoms with Crippen molar-refractivity contribution in [1.29, 1.82) is 0 Å². The Morgan fingerprint density at radius 1 is 1.44 bits per heavy atom. The van der Waals surface area contributed by atoms with Crippen LogP contribution in [0.1, 0.15) is 12.0 Å². The molecular formula is C12H12ClNO3S. The van der Waals surface area contributed by atoms with Crippen LogP contribution >= 0.6 is 11.6 Å². The Bertz CT molecular complexity index is 616. The summed E-state index contributed by atoms with van der Waals surface area (Å²) >= 11 is 6.03. The van der Waals surface area contributed by atoms with Gasteiger partial charge < -0.3 is 5.11 Å². The fourth-order valence-electron chi connectivity index (χ4n) is 1.83. The summed E-state index contributed by atoms with van der Waals surface area (Å²) in [6, 6.07) is 4.94. The molecule has 0 unspecified atom stereocenters. The van der Waals surface area contributed by atoms with Crippen LogP contribution in [0.5, 0.6) is 0 Å².